The van der Waals surface area contributed by atoms with Gasteiger partial charge in [-0.2, -0.15) is 13.2 Å². The van der Waals surface area contributed by atoms with Gasteiger partial charge in [-0.1, -0.05) is 59.7 Å². The summed E-state index contributed by atoms with van der Waals surface area (Å²) in [6.07, 6.45) is 1.73. The summed E-state index contributed by atoms with van der Waals surface area (Å²) >= 11 is 0.782. The van der Waals surface area contributed by atoms with E-state index >= 15 is 0 Å². The van der Waals surface area contributed by atoms with Crippen LogP contribution in [-0.2, 0) is 9.53 Å². The number of thiazole rings is 1. The van der Waals surface area contributed by atoms with Crippen molar-refractivity contribution in [1.29, 1.82) is 0 Å². The zero-order valence-corrected chi connectivity index (χ0v) is 23.2. The Morgan fingerprint density at radius 1 is 1.14 bits per heavy atom. The number of carbonyl (C=O) groups excluding carboxylic acids is 1. The molecule has 3 aromatic carbocycles. The van der Waals surface area contributed by atoms with Gasteiger partial charge in [-0.25, -0.2) is 9.79 Å². The first-order chi connectivity index (χ1) is 20.2. The number of ether oxygens (including phenoxy) is 3. The Labute approximate surface area is 241 Å². The van der Waals surface area contributed by atoms with Crippen molar-refractivity contribution in [3.8, 4) is 23.8 Å². The van der Waals surface area contributed by atoms with Gasteiger partial charge in [-0.15, -0.1) is 6.42 Å². The van der Waals surface area contributed by atoms with Crippen molar-refractivity contribution in [3.05, 3.63) is 103 Å². The fourth-order valence-electron chi connectivity index (χ4n) is 4.79. The van der Waals surface area contributed by atoms with Gasteiger partial charge in [-0.05, 0) is 47.5 Å². The summed E-state index contributed by atoms with van der Waals surface area (Å²) in [4.78, 5) is 30.8. The van der Waals surface area contributed by atoms with Gasteiger partial charge < -0.3 is 14.2 Å². The number of methoxy groups -OCH3 is 1. The quantitative estimate of drug-likeness (QED) is 0.233. The van der Waals surface area contributed by atoms with Gasteiger partial charge in [-0.3, -0.25) is 9.36 Å². The molecule has 4 aromatic rings. The number of benzene rings is 3. The number of terminal acetylenes is 1. The Morgan fingerprint density at radius 2 is 1.88 bits per heavy atom. The average Bonchev–Trinajstić information content (AvgIpc) is 3.29. The van der Waals surface area contributed by atoms with E-state index < -0.39 is 35.0 Å². The van der Waals surface area contributed by atoms with E-state index in [0.29, 0.717) is 22.1 Å². The van der Waals surface area contributed by atoms with Crippen LogP contribution in [0.3, 0.4) is 0 Å². The molecule has 0 saturated carbocycles. The summed E-state index contributed by atoms with van der Waals surface area (Å²) in [6, 6.07) is 15.4. The monoisotopic (exact) mass is 592 g/mol. The van der Waals surface area contributed by atoms with Gasteiger partial charge >= 0.3 is 12.1 Å². The third-order valence-electron chi connectivity index (χ3n) is 6.52. The minimum Gasteiger partial charge on any atom is -0.496 e. The fraction of sp³-hybridized carbons (Fsp3) is 0.194. The van der Waals surface area contributed by atoms with Crippen molar-refractivity contribution < 1.29 is 32.2 Å². The van der Waals surface area contributed by atoms with Crippen LogP contribution in [-0.4, -0.2) is 37.0 Å². The van der Waals surface area contributed by atoms with Crippen LogP contribution in [0.25, 0.3) is 16.8 Å². The van der Waals surface area contributed by atoms with Crippen molar-refractivity contribution in [1.82, 2.24) is 4.57 Å². The van der Waals surface area contributed by atoms with Crippen molar-refractivity contribution in [2.24, 2.45) is 4.99 Å². The van der Waals surface area contributed by atoms with Crippen LogP contribution in [0.4, 0.5) is 13.2 Å². The Bertz CT molecular complexity index is 1930. The summed E-state index contributed by atoms with van der Waals surface area (Å²) in [7, 11) is 1.37. The smallest absolute Gasteiger partial charge is 0.434 e. The second-order valence-corrected chi connectivity index (χ2v) is 10.0. The number of alkyl halides is 3. The summed E-state index contributed by atoms with van der Waals surface area (Å²) < 4.78 is 60.9. The number of carbonyl (C=O) groups is 1. The maximum atomic E-state index is 14.5. The number of hydrogen-bond acceptors (Lipinski definition) is 7. The Kier molecular flexibility index (Phi) is 7.91. The van der Waals surface area contributed by atoms with E-state index in [9.17, 15) is 22.8 Å². The lowest BCUT2D eigenvalue weighted by molar-refractivity contribution is -0.140. The number of hydrogen-bond donors (Lipinski definition) is 0. The second kappa shape index (κ2) is 11.6. The lowest BCUT2D eigenvalue weighted by Crippen LogP contribution is -2.41. The molecule has 0 saturated heterocycles. The Balaban J connectivity index is 1.83. The number of halogens is 3. The van der Waals surface area contributed by atoms with Crippen molar-refractivity contribution >= 4 is 34.2 Å². The van der Waals surface area contributed by atoms with Gasteiger partial charge in [0, 0.05) is 5.56 Å². The van der Waals surface area contributed by atoms with Gasteiger partial charge in [0.15, 0.2) is 10.5 Å². The number of rotatable bonds is 7. The molecule has 1 aliphatic rings. The Hall–Kier alpha value is -4.82. The van der Waals surface area contributed by atoms with Crippen LogP contribution in [0.1, 0.15) is 24.1 Å². The predicted octanol–water partition coefficient (Wildman–Crippen LogP) is 4.51. The Morgan fingerprint density at radius 3 is 2.55 bits per heavy atom. The van der Waals surface area contributed by atoms with Crippen LogP contribution in [0.5, 0.6) is 11.5 Å². The molecule has 5 rings (SSSR count). The largest absolute Gasteiger partial charge is 0.496 e. The molecule has 0 unspecified atom stereocenters. The maximum absolute atomic E-state index is 14.5. The molecule has 0 spiro atoms. The van der Waals surface area contributed by atoms with Crippen LogP contribution in [0.2, 0.25) is 0 Å². The third-order valence-corrected chi connectivity index (χ3v) is 7.50. The number of esters is 1. The molecule has 42 heavy (non-hydrogen) atoms. The molecular formula is C31H23F3N2O5S. The van der Waals surface area contributed by atoms with Crippen LogP contribution < -0.4 is 24.4 Å². The van der Waals surface area contributed by atoms with Crippen LogP contribution in [0.15, 0.2) is 81.7 Å². The highest BCUT2D eigenvalue weighted by atomic mass is 32.1. The van der Waals surface area contributed by atoms with E-state index in [-0.39, 0.29) is 33.9 Å². The topological polar surface area (TPSA) is 79.1 Å². The minimum absolute atomic E-state index is 0.0832. The van der Waals surface area contributed by atoms with Crippen molar-refractivity contribution in [3.63, 3.8) is 0 Å². The SMILES string of the molecule is C#CCOc1ccc(/C=c2\sc3n(c2=O)[C@H](c2c(OC)ccc4ccccc24)C(C(=O)OCC)=C(C(F)(F)F)N=3)cc1. The van der Waals surface area contributed by atoms with Gasteiger partial charge in [0.2, 0.25) is 0 Å². The van der Waals surface area contributed by atoms with E-state index in [1.807, 2.05) is 0 Å². The van der Waals surface area contributed by atoms with Gasteiger partial charge in [0.25, 0.3) is 5.56 Å². The minimum atomic E-state index is -5.03. The molecule has 1 atom stereocenters. The highest BCUT2D eigenvalue weighted by Crippen LogP contribution is 2.43. The van der Waals surface area contributed by atoms with Crippen LogP contribution >= 0.6 is 11.3 Å². The normalized spacial score (nSPS) is 15.1. The second-order valence-electron chi connectivity index (χ2n) is 9.03. The molecule has 0 fully saturated rings. The van der Waals surface area contributed by atoms with Crippen molar-refractivity contribution in [2.75, 3.05) is 20.3 Å². The molecular weight excluding hydrogens is 569 g/mol. The number of nitrogens with zero attached hydrogens (tertiary/aromatic N) is 2. The van der Waals surface area contributed by atoms with Crippen LogP contribution in [0, 0.1) is 12.3 Å². The molecule has 0 aliphatic carbocycles. The van der Waals surface area contributed by atoms with E-state index in [4.69, 9.17) is 20.6 Å². The zero-order chi connectivity index (χ0) is 30.0. The lowest BCUT2D eigenvalue weighted by atomic mass is 9.90. The zero-order valence-electron chi connectivity index (χ0n) is 22.4. The molecule has 214 valence electrons. The first-order valence-corrected chi connectivity index (χ1v) is 13.5. The standard InChI is InChI=1S/C31H23F3N2O5S/c1-4-16-41-20-13-10-18(11-14-20)17-23-28(37)36-26(24-21-9-7-6-8-19(21)12-15-22(24)39-3)25(29(38)40-5-2)27(31(32,33)34)35-30(36)42-23/h1,6-15,17,26H,5,16H2,2-3H3/b23-17-/t26-/m1/s1. The first-order valence-electron chi connectivity index (χ1n) is 12.7. The van der Waals surface area contributed by atoms with E-state index in [2.05, 4.69) is 10.9 Å². The lowest BCUT2D eigenvalue weighted by Gasteiger charge is -2.28. The predicted molar refractivity (Wildman–Crippen MR) is 152 cm³/mol. The van der Waals surface area contributed by atoms with E-state index in [1.165, 1.54) is 20.1 Å². The fourth-order valence-corrected chi connectivity index (χ4v) is 5.79. The molecule has 11 heteroatoms. The summed E-state index contributed by atoms with van der Waals surface area (Å²) in [5.74, 6) is 1.85. The molecule has 0 bridgehead atoms. The van der Waals surface area contributed by atoms with E-state index in [1.54, 1.807) is 60.7 Å². The molecule has 0 amide bonds. The third kappa shape index (κ3) is 5.29. The molecule has 7 nitrogen and oxygen atoms in total. The summed E-state index contributed by atoms with van der Waals surface area (Å²) in [5, 5.41) is 1.18. The summed E-state index contributed by atoms with van der Waals surface area (Å²) in [6.45, 7) is 1.38. The van der Waals surface area contributed by atoms with Gasteiger partial charge in [0.05, 0.1) is 23.8 Å². The molecule has 2 heterocycles. The highest BCUT2D eigenvalue weighted by molar-refractivity contribution is 7.07. The molecule has 1 aromatic heterocycles. The van der Waals surface area contributed by atoms with E-state index in [0.717, 1.165) is 15.9 Å². The number of fused-ring (bicyclic) bond motifs is 2. The molecule has 0 radical (unpaired) electrons. The molecule has 1 aliphatic heterocycles. The summed E-state index contributed by atoms with van der Waals surface area (Å²) in [5.41, 5.74) is -2.06. The number of allylic oxidation sites excluding steroid dienone is 1. The highest BCUT2D eigenvalue weighted by Gasteiger charge is 2.46. The maximum Gasteiger partial charge on any atom is 0.434 e. The van der Waals surface area contributed by atoms with Gasteiger partial charge in [0.1, 0.15) is 24.1 Å². The molecule has 0 N–H and O–H groups in total. The van der Waals surface area contributed by atoms with Crippen molar-refractivity contribution in [2.45, 2.75) is 19.1 Å². The first kappa shape index (κ1) is 28.7. The average molecular weight is 593 g/mol. The number of aromatic nitrogens is 1.